The number of tetrazole rings is 1. The van der Waals surface area contributed by atoms with Gasteiger partial charge in [-0.15, -0.1) is 11.7 Å². The fraction of sp³-hybridized carbons (Fsp3) is 0.550. The van der Waals surface area contributed by atoms with Gasteiger partial charge in [0.25, 0.3) is 0 Å². The van der Waals surface area contributed by atoms with Crippen LogP contribution in [-0.2, 0) is 5.54 Å². The molecule has 1 aromatic heterocycles. The minimum atomic E-state index is -0.115. The molecular formula is C20H30N6. The first-order chi connectivity index (χ1) is 12.6. The van der Waals surface area contributed by atoms with E-state index in [1.165, 1.54) is 5.56 Å². The van der Waals surface area contributed by atoms with Crippen molar-refractivity contribution in [1.82, 2.24) is 30.0 Å². The van der Waals surface area contributed by atoms with Gasteiger partial charge < -0.3 is 0 Å². The molecule has 1 fully saturated rings. The fourth-order valence-electron chi connectivity index (χ4n) is 3.49. The van der Waals surface area contributed by atoms with E-state index in [1.54, 1.807) is 0 Å². The SMILES string of the molecule is C=CCN1CCN([C@@H](c2ccccc2)c2nnnn2C(C)(C)CC)CC1. The standard InChI is InChI=1S/C20H30N6/c1-5-12-24-13-15-25(16-14-24)18(17-10-8-7-9-11-17)19-21-22-23-26(19)20(3,4)6-2/h5,7-11,18H,1,6,12-16H2,2-4H3/t18-/m0/s1. The Morgan fingerprint density at radius 2 is 1.85 bits per heavy atom. The lowest BCUT2D eigenvalue weighted by Gasteiger charge is -2.39. The van der Waals surface area contributed by atoms with Crippen LogP contribution in [0.15, 0.2) is 43.0 Å². The molecule has 1 aromatic carbocycles. The molecule has 1 aliphatic rings. The van der Waals surface area contributed by atoms with E-state index in [9.17, 15) is 0 Å². The van der Waals surface area contributed by atoms with Crippen molar-refractivity contribution in [2.75, 3.05) is 32.7 Å². The van der Waals surface area contributed by atoms with E-state index >= 15 is 0 Å². The average molecular weight is 355 g/mol. The Morgan fingerprint density at radius 3 is 2.46 bits per heavy atom. The van der Waals surface area contributed by atoms with Gasteiger partial charge >= 0.3 is 0 Å². The Labute approximate surface area is 156 Å². The molecule has 0 bridgehead atoms. The molecule has 6 heteroatoms. The molecule has 6 nitrogen and oxygen atoms in total. The van der Waals surface area contributed by atoms with E-state index in [2.05, 4.69) is 83.0 Å². The van der Waals surface area contributed by atoms with Crippen LogP contribution in [-0.4, -0.2) is 62.7 Å². The van der Waals surface area contributed by atoms with Crippen LogP contribution in [0.5, 0.6) is 0 Å². The summed E-state index contributed by atoms with van der Waals surface area (Å²) in [6.07, 6.45) is 2.95. The maximum absolute atomic E-state index is 4.47. The van der Waals surface area contributed by atoms with Crippen molar-refractivity contribution in [3.63, 3.8) is 0 Å². The normalized spacial score (nSPS) is 18.0. The van der Waals surface area contributed by atoms with E-state index in [0.717, 1.165) is 45.0 Å². The summed E-state index contributed by atoms with van der Waals surface area (Å²) in [7, 11) is 0. The lowest BCUT2D eigenvalue weighted by molar-refractivity contribution is 0.109. The van der Waals surface area contributed by atoms with Crippen LogP contribution >= 0.6 is 0 Å². The molecule has 3 rings (SSSR count). The summed E-state index contributed by atoms with van der Waals surface area (Å²) in [4.78, 5) is 4.94. The van der Waals surface area contributed by atoms with Crippen LogP contribution in [0, 0.1) is 0 Å². The predicted octanol–water partition coefficient (Wildman–Crippen LogP) is 2.71. The van der Waals surface area contributed by atoms with Crippen molar-refractivity contribution in [3.8, 4) is 0 Å². The lowest BCUT2D eigenvalue weighted by Crippen LogP contribution is -2.48. The maximum atomic E-state index is 4.47. The third-order valence-electron chi connectivity index (χ3n) is 5.45. The second-order valence-corrected chi connectivity index (χ2v) is 7.55. The molecular weight excluding hydrogens is 324 g/mol. The van der Waals surface area contributed by atoms with Gasteiger partial charge in [0.05, 0.1) is 11.6 Å². The van der Waals surface area contributed by atoms with Crippen LogP contribution < -0.4 is 0 Å². The van der Waals surface area contributed by atoms with E-state index in [4.69, 9.17) is 0 Å². The Kier molecular flexibility index (Phi) is 5.84. The third kappa shape index (κ3) is 3.86. The van der Waals surface area contributed by atoms with Gasteiger partial charge in [0.1, 0.15) is 0 Å². The van der Waals surface area contributed by atoms with E-state index in [-0.39, 0.29) is 11.6 Å². The zero-order valence-corrected chi connectivity index (χ0v) is 16.2. The molecule has 0 radical (unpaired) electrons. The van der Waals surface area contributed by atoms with Crippen LogP contribution in [0.25, 0.3) is 0 Å². The molecule has 0 aliphatic carbocycles. The molecule has 0 amide bonds. The molecule has 0 spiro atoms. The number of hydrogen-bond donors (Lipinski definition) is 0. The molecule has 0 unspecified atom stereocenters. The highest BCUT2D eigenvalue weighted by Crippen LogP contribution is 2.31. The van der Waals surface area contributed by atoms with Crippen LogP contribution in [0.1, 0.15) is 44.6 Å². The summed E-state index contributed by atoms with van der Waals surface area (Å²) in [5.74, 6) is 0.931. The highest BCUT2D eigenvalue weighted by atomic mass is 15.6. The first kappa shape index (κ1) is 18.7. The number of aromatic nitrogens is 4. The first-order valence-corrected chi connectivity index (χ1v) is 9.48. The molecule has 1 atom stereocenters. The van der Waals surface area contributed by atoms with Gasteiger partial charge in [0, 0.05) is 32.7 Å². The van der Waals surface area contributed by atoms with Crippen molar-refractivity contribution in [2.45, 2.75) is 38.8 Å². The summed E-state index contributed by atoms with van der Waals surface area (Å²) >= 11 is 0. The van der Waals surface area contributed by atoms with Gasteiger partial charge in [0.2, 0.25) is 0 Å². The molecule has 1 saturated heterocycles. The molecule has 26 heavy (non-hydrogen) atoms. The quantitative estimate of drug-likeness (QED) is 0.716. The maximum Gasteiger partial charge on any atom is 0.173 e. The largest absolute Gasteiger partial charge is 0.297 e. The Morgan fingerprint density at radius 1 is 1.15 bits per heavy atom. The van der Waals surface area contributed by atoms with Crippen LogP contribution in [0.4, 0.5) is 0 Å². The number of hydrogen-bond acceptors (Lipinski definition) is 5. The highest BCUT2D eigenvalue weighted by molar-refractivity contribution is 5.25. The Bertz CT molecular complexity index is 700. The van der Waals surface area contributed by atoms with Gasteiger partial charge in [-0.25, -0.2) is 4.68 Å². The minimum Gasteiger partial charge on any atom is -0.297 e. The zero-order valence-electron chi connectivity index (χ0n) is 16.2. The Hall–Kier alpha value is -2.05. The number of nitrogens with zero attached hydrogens (tertiary/aromatic N) is 6. The van der Waals surface area contributed by atoms with E-state index < -0.39 is 0 Å². The van der Waals surface area contributed by atoms with Crippen molar-refractivity contribution in [3.05, 3.63) is 54.4 Å². The van der Waals surface area contributed by atoms with Gasteiger partial charge in [-0.3, -0.25) is 9.80 Å². The molecule has 0 N–H and O–H groups in total. The topological polar surface area (TPSA) is 50.1 Å². The fourth-order valence-corrected chi connectivity index (χ4v) is 3.49. The van der Waals surface area contributed by atoms with Crippen molar-refractivity contribution in [1.29, 1.82) is 0 Å². The molecule has 2 heterocycles. The van der Waals surface area contributed by atoms with Crippen LogP contribution in [0.2, 0.25) is 0 Å². The van der Waals surface area contributed by atoms with E-state index in [0.29, 0.717) is 0 Å². The van der Waals surface area contributed by atoms with E-state index in [1.807, 2.05) is 10.8 Å². The smallest absolute Gasteiger partial charge is 0.173 e. The van der Waals surface area contributed by atoms with Gasteiger partial charge in [-0.1, -0.05) is 43.3 Å². The summed E-state index contributed by atoms with van der Waals surface area (Å²) in [5, 5.41) is 12.9. The average Bonchev–Trinajstić information content (AvgIpc) is 3.15. The molecule has 140 valence electrons. The third-order valence-corrected chi connectivity index (χ3v) is 5.45. The lowest BCUT2D eigenvalue weighted by atomic mass is 9.99. The predicted molar refractivity (Wildman–Crippen MR) is 104 cm³/mol. The van der Waals surface area contributed by atoms with Crippen molar-refractivity contribution in [2.24, 2.45) is 0 Å². The minimum absolute atomic E-state index is 0.0721. The first-order valence-electron chi connectivity index (χ1n) is 9.48. The number of rotatable bonds is 7. The summed E-state index contributed by atoms with van der Waals surface area (Å²) in [6.45, 7) is 15.4. The van der Waals surface area contributed by atoms with Gasteiger partial charge in [-0.05, 0) is 36.3 Å². The van der Waals surface area contributed by atoms with Gasteiger partial charge in [0.15, 0.2) is 5.82 Å². The monoisotopic (exact) mass is 354 g/mol. The second-order valence-electron chi connectivity index (χ2n) is 7.55. The summed E-state index contributed by atoms with van der Waals surface area (Å²) < 4.78 is 2.01. The van der Waals surface area contributed by atoms with Crippen LogP contribution in [0.3, 0.4) is 0 Å². The molecule has 1 aliphatic heterocycles. The van der Waals surface area contributed by atoms with Gasteiger partial charge in [-0.2, -0.15) is 0 Å². The molecule has 0 saturated carbocycles. The number of benzene rings is 1. The molecule has 2 aromatic rings. The second kappa shape index (κ2) is 8.10. The Balaban J connectivity index is 1.94. The highest BCUT2D eigenvalue weighted by Gasteiger charge is 2.33. The van der Waals surface area contributed by atoms with Crippen molar-refractivity contribution < 1.29 is 0 Å². The number of piperazine rings is 1. The summed E-state index contributed by atoms with van der Waals surface area (Å²) in [6, 6.07) is 10.7. The van der Waals surface area contributed by atoms with Crippen molar-refractivity contribution >= 4 is 0 Å². The summed E-state index contributed by atoms with van der Waals surface area (Å²) in [5.41, 5.74) is 1.13. The zero-order chi connectivity index (χ0) is 18.6.